The third-order valence-corrected chi connectivity index (χ3v) is 4.16. The van der Waals surface area contributed by atoms with Crippen LogP contribution >= 0.6 is 0 Å². The molecule has 132 valence electrons. The molecule has 0 N–H and O–H groups in total. The quantitative estimate of drug-likeness (QED) is 0.615. The summed E-state index contributed by atoms with van der Waals surface area (Å²) in [5.41, 5.74) is 3.99. The van der Waals surface area contributed by atoms with E-state index in [9.17, 15) is 9.18 Å². The second-order valence-electron chi connectivity index (χ2n) is 5.89. The van der Waals surface area contributed by atoms with Crippen LogP contribution in [-0.4, -0.2) is 20.2 Å². The van der Waals surface area contributed by atoms with Gasteiger partial charge in [-0.25, -0.2) is 9.18 Å². The van der Waals surface area contributed by atoms with E-state index in [-0.39, 0.29) is 5.82 Å². The van der Waals surface area contributed by atoms with Crippen molar-refractivity contribution >= 4 is 5.97 Å². The highest BCUT2D eigenvalue weighted by molar-refractivity contribution is 5.96. The molecule has 0 aliphatic heterocycles. The number of benzene rings is 3. The van der Waals surface area contributed by atoms with Crippen molar-refractivity contribution in [3.8, 4) is 16.9 Å². The van der Waals surface area contributed by atoms with Crippen LogP contribution in [0.2, 0.25) is 0 Å². The van der Waals surface area contributed by atoms with Crippen molar-refractivity contribution in [1.82, 2.24) is 0 Å². The van der Waals surface area contributed by atoms with Gasteiger partial charge < -0.3 is 9.47 Å². The molecule has 0 radical (unpaired) electrons. The molecule has 0 aliphatic carbocycles. The molecule has 0 aromatic heterocycles. The Labute approximate surface area is 152 Å². The van der Waals surface area contributed by atoms with Crippen LogP contribution in [0.15, 0.2) is 66.7 Å². The fourth-order valence-corrected chi connectivity index (χ4v) is 2.94. The Kier molecular flexibility index (Phi) is 5.32. The van der Waals surface area contributed by atoms with E-state index in [1.54, 1.807) is 18.2 Å². The molecule has 0 heterocycles. The highest BCUT2D eigenvalue weighted by atomic mass is 19.1. The van der Waals surface area contributed by atoms with Crippen molar-refractivity contribution in [3.05, 3.63) is 89.2 Å². The van der Waals surface area contributed by atoms with Crippen LogP contribution in [0, 0.1) is 5.82 Å². The number of hydrogen-bond acceptors (Lipinski definition) is 3. The summed E-state index contributed by atoms with van der Waals surface area (Å²) in [7, 11) is 2.88. The number of carbonyl (C=O) groups is 1. The molecule has 26 heavy (non-hydrogen) atoms. The zero-order valence-corrected chi connectivity index (χ0v) is 14.7. The summed E-state index contributed by atoms with van der Waals surface area (Å²) in [5, 5.41) is 0. The Balaban J connectivity index is 2.12. The molecule has 0 spiro atoms. The molecule has 0 saturated carbocycles. The van der Waals surface area contributed by atoms with E-state index in [1.165, 1.54) is 26.4 Å². The number of hydrogen-bond donors (Lipinski definition) is 0. The zero-order chi connectivity index (χ0) is 18.5. The van der Waals surface area contributed by atoms with Gasteiger partial charge in [0.05, 0.1) is 14.2 Å². The van der Waals surface area contributed by atoms with Gasteiger partial charge >= 0.3 is 5.97 Å². The first-order valence-electron chi connectivity index (χ1n) is 8.21. The maximum absolute atomic E-state index is 13.1. The molecule has 0 bridgehead atoms. The summed E-state index contributed by atoms with van der Waals surface area (Å²) in [6.07, 6.45) is 0.564. The highest BCUT2D eigenvalue weighted by Gasteiger charge is 2.19. The van der Waals surface area contributed by atoms with E-state index in [1.807, 2.05) is 36.4 Å². The number of carbonyl (C=O) groups excluding carboxylic acids is 1. The molecule has 0 saturated heterocycles. The largest absolute Gasteiger partial charge is 0.495 e. The average Bonchev–Trinajstić information content (AvgIpc) is 2.69. The third-order valence-electron chi connectivity index (χ3n) is 4.16. The topological polar surface area (TPSA) is 35.5 Å². The predicted octanol–water partition coefficient (Wildman–Crippen LogP) is 4.88. The molecule has 0 unspecified atom stereocenters. The van der Waals surface area contributed by atoms with Crippen molar-refractivity contribution in [2.75, 3.05) is 14.2 Å². The van der Waals surface area contributed by atoms with Gasteiger partial charge in [-0.15, -0.1) is 0 Å². The van der Waals surface area contributed by atoms with E-state index >= 15 is 0 Å². The fraction of sp³-hybridized carbons (Fsp3) is 0.136. The number of methoxy groups -OCH3 is 2. The fourth-order valence-electron chi connectivity index (χ4n) is 2.94. The van der Waals surface area contributed by atoms with E-state index < -0.39 is 5.97 Å². The smallest absolute Gasteiger partial charge is 0.341 e. The minimum Gasteiger partial charge on any atom is -0.495 e. The summed E-state index contributed by atoms with van der Waals surface area (Å²) < 4.78 is 23.6. The van der Waals surface area contributed by atoms with Gasteiger partial charge in [-0.2, -0.15) is 0 Å². The molecule has 4 heteroatoms. The van der Waals surface area contributed by atoms with Gasteiger partial charge in [-0.1, -0.05) is 42.5 Å². The van der Waals surface area contributed by atoms with Gasteiger partial charge in [0.15, 0.2) is 0 Å². The van der Waals surface area contributed by atoms with Gasteiger partial charge in [0, 0.05) is 5.56 Å². The lowest BCUT2D eigenvalue weighted by molar-refractivity contribution is 0.0597. The Morgan fingerprint density at radius 1 is 0.923 bits per heavy atom. The Bertz CT molecular complexity index is 903. The summed E-state index contributed by atoms with van der Waals surface area (Å²) in [4.78, 5) is 12.3. The van der Waals surface area contributed by atoms with Crippen LogP contribution in [0.5, 0.6) is 5.75 Å². The number of ether oxygens (including phenoxy) is 2. The van der Waals surface area contributed by atoms with Gasteiger partial charge in [-0.3, -0.25) is 0 Å². The van der Waals surface area contributed by atoms with Gasteiger partial charge in [0.1, 0.15) is 17.1 Å². The van der Waals surface area contributed by atoms with Crippen LogP contribution in [0.3, 0.4) is 0 Å². The van der Waals surface area contributed by atoms with Gasteiger partial charge in [0.2, 0.25) is 0 Å². The number of halogens is 1. The molecule has 0 atom stereocenters. The number of rotatable bonds is 5. The van der Waals surface area contributed by atoms with E-state index in [0.29, 0.717) is 17.7 Å². The third kappa shape index (κ3) is 3.75. The first-order chi connectivity index (χ1) is 12.6. The Morgan fingerprint density at radius 3 is 2.23 bits per heavy atom. The molecule has 0 fully saturated rings. The zero-order valence-electron chi connectivity index (χ0n) is 14.7. The Hall–Kier alpha value is -3.14. The molecule has 3 aromatic carbocycles. The lowest BCUT2D eigenvalue weighted by Crippen LogP contribution is -2.07. The monoisotopic (exact) mass is 350 g/mol. The first-order valence-corrected chi connectivity index (χ1v) is 8.21. The standard InChI is InChI=1S/C22H19FO3/c1-25-21-19(17-6-4-3-5-7-17)13-16(14-20(21)22(24)26-2)12-15-8-10-18(23)11-9-15/h3-11,13-14H,12H2,1-2H3. The molecule has 3 nitrogen and oxygen atoms in total. The van der Waals surface area contributed by atoms with Crippen molar-refractivity contribution in [2.45, 2.75) is 6.42 Å². The highest BCUT2D eigenvalue weighted by Crippen LogP contribution is 2.35. The Morgan fingerprint density at radius 2 is 1.62 bits per heavy atom. The van der Waals surface area contributed by atoms with Crippen LogP contribution in [0.1, 0.15) is 21.5 Å². The van der Waals surface area contributed by atoms with Crippen LogP contribution in [0.25, 0.3) is 11.1 Å². The van der Waals surface area contributed by atoms with Gasteiger partial charge in [0.25, 0.3) is 0 Å². The molecule has 0 aliphatic rings. The first kappa shape index (κ1) is 17.7. The lowest BCUT2D eigenvalue weighted by Gasteiger charge is -2.15. The van der Waals surface area contributed by atoms with Crippen LogP contribution in [-0.2, 0) is 11.2 Å². The summed E-state index contributed by atoms with van der Waals surface area (Å²) in [6, 6.07) is 19.8. The minimum absolute atomic E-state index is 0.274. The average molecular weight is 350 g/mol. The van der Waals surface area contributed by atoms with Crippen molar-refractivity contribution in [3.63, 3.8) is 0 Å². The van der Waals surface area contributed by atoms with E-state index in [2.05, 4.69) is 0 Å². The summed E-state index contributed by atoms with van der Waals surface area (Å²) in [6.45, 7) is 0. The normalized spacial score (nSPS) is 10.4. The number of esters is 1. The molecule has 3 aromatic rings. The molecular weight excluding hydrogens is 331 g/mol. The second-order valence-corrected chi connectivity index (χ2v) is 5.89. The molecular formula is C22H19FO3. The van der Waals surface area contributed by atoms with E-state index in [4.69, 9.17) is 9.47 Å². The lowest BCUT2D eigenvalue weighted by atomic mass is 9.95. The minimum atomic E-state index is -0.458. The second kappa shape index (κ2) is 7.83. The van der Waals surface area contributed by atoms with E-state index in [0.717, 1.165) is 22.3 Å². The molecule has 3 rings (SSSR count). The van der Waals surface area contributed by atoms with Crippen molar-refractivity contribution < 1.29 is 18.7 Å². The van der Waals surface area contributed by atoms with Crippen LogP contribution < -0.4 is 4.74 Å². The van der Waals surface area contributed by atoms with Crippen molar-refractivity contribution in [1.29, 1.82) is 0 Å². The maximum atomic E-state index is 13.1. The maximum Gasteiger partial charge on any atom is 0.341 e. The predicted molar refractivity (Wildman–Crippen MR) is 99.0 cm³/mol. The molecule has 0 amide bonds. The van der Waals surface area contributed by atoms with Crippen LogP contribution in [0.4, 0.5) is 4.39 Å². The van der Waals surface area contributed by atoms with Gasteiger partial charge in [-0.05, 0) is 47.4 Å². The van der Waals surface area contributed by atoms with Crippen molar-refractivity contribution in [2.24, 2.45) is 0 Å². The summed E-state index contributed by atoms with van der Waals surface area (Å²) >= 11 is 0. The summed E-state index contributed by atoms with van der Waals surface area (Å²) in [5.74, 6) is -0.255. The SMILES string of the molecule is COC(=O)c1cc(Cc2ccc(F)cc2)cc(-c2ccccc2)c1OC.